The van der Waals surface area contributed by atoms with E-state index < -0.39 is 20.3 Å². The summed E-state index contributed by atoms with van der Waals surface area (Å²) in [7, 11) is 0.357. The molecule has 3 aliphatic heterocycles. The molecule has 2 saturated heterocycles. The molecule has 1 aromatic carbocycles. The third-order valence-electron chi connectivity index (χ3n) is 9.22. The molecular weight excluding hydrogens is 580 g/mol. The zero-order chi connectivity index (χ0) is 30.6. The van der Waals surface area contributed by atoms with Crippen LogP contribution in [0.15, 0.2) is 54.7 Å². The van der Waals surface area contributed by atoms with Crippen molar-refractivity contribution in [1.29, 1.82) is 0 Å². The second-order valence-electron chi connectivity index (χ2n) is 12.0. The van der Waals surface area contributed by atoms with Crippen molar-refractivity contribution >= 4 is 43.5 Å². The molecule has 2 N–H and O–H groups in total. The molecular formula is C31H38N8O4S. The molecule has 3 aliphatic rings. The number of pyridine rings is 1. The monoisotopic (exact) mass is 618 g/mol. The summed E-state index contributed by atoms with van der Waals surface area (Å²) in [6.07, 6.45) is 5.53. The van der Waals surface area contributed by atoms with Crippen LogP contribution in [0.25, 0.3) is 27.8 Å². The highest BCUT2D eigenvalue weighted by Gasteiger charge is 2.37. The van der Waals surface area contributed by atoms with Crippen LogP contribution in [0.5, 0.6) is 0 Å². The Bertz CT molecular complexity index is 1820. The molecule has 0 saturated carbocycles. The van der Waals surface area contributed by atoms with Crippen molar-refractivity contribution in [2.75, 3.05) is 45.4 Å². The molecule has 0 spiro atoms. The number of hydrazine groups is 2. The maximum atomic E-state index is 12.8. The Morgan fingerprint density at radius 2 is 1.77 bits per heavy atom. The minimum atomic E-state index is -3.19. The van der Waals surface area contributed by atoms with Crippen LogP contribution in [0.2, 0.25) is 0 Å². The Balaban J connectivity index is 1.47. The number of ether oxygens (including phenoxy) is 2. The molecule has 3 aromatic heterocycles. The van der Waals surface area contributed by atoms with E-state index in [-0.39, 0.29) is 6.04 Å². The lowest BCUT2D eigenvalue weighted by Gasteiger charge is -2.35. The number of benzene rings is 1. The van der Waals surface area contributed by atoms with Gasteiger partial charge >= 0.3 is 0 Å². The summed E-state index contributed by atoms with van der Waals surface area (Å²) in [4.78, 5) is 17.0. The summed E-state index contributed by atoms with van der Waals surface area (Å²) in [5.41, 5.74) is 11.6. The van der Waals surface area contributed by atoms with Crippen molar-refractivity contribution < 1.29 is 17.9 Å². The van der Waals surface area contributed by atoms with Crippen LogP contribution in [0, 0.1) is 5.92 Å². The first-order valence-corrected chi connectivity index (χ1v) is 16.7. The average Bonchev–Trinajstić information content (AvgIpc) is 3.57. The molecule has 0 aliphatic carbocycles. The molecule has 2 fully saturated rings. The van der Waals surface area contributed by atoms with Gasteiger partial charge in [0.25, 0.3) is 0 Å². The predicted octanol–water partition coefficient (Wildman–Crippen LogP) is 3.23. The number of rotatable bonds is 6. The number of sulfone groups is 1. The summed E-state index contributed by atoms with van der Waals surface area (Å²) in [5.74, 6) is 1.44. The number of nitrogens with zero attached hydrogens (tertiary/aromatic N) is 6. The maximum Gasteiger partial charge on any atom is 0.228 e. The molecule has 0 bridgehead atoms. The molecule has 0 amide bonds. The Kier molecular flexibility index (Phi) is 7.34. The average molecular weight is 619 g/mol. The van der Waals surface area contributed by atoms with Gasteiger partial charge in [-0.15, -0.1) is 5.53 Å². The van der Waals surface area contributed by atoms with Gasteiger partial charge in [0.2, 0.25) is 11.8 Å². The van der Waals surface area contributed by atoms with Gasteiger partial charge in [-0.05, 0) is 44.2 Å². The van der Waals surface area contributed by atoms with Crippen LogP contribution in [0.4, 0.5) is 5.95 Å². The van der Waals surface area contributed by atoms with Gasteiger partial charge in [-0.2, -0.15) is 4.98 Å². The molecule has 4 aromatic rings. The van der Waals surface area contributed by atoms with E-state index in [4.69, 9.17) is 24.4 Å². The Hall–Kier alpha value is -3.94. The number of hydrogen-bond acceptors (Lipinski definition) is 11. The summed E-state index contributed by atoms with van der Waals surface area (Å²) in [6, 6.07) is 12.7. The zero-order valence-corrected chi connectivity index (χ0v) is 26.2. The number of anilines is 1. The molecule has 232 valence electrons. The maximum absolute atomic E-state index is 12.8. The highest BCUT2D eigenvalue weighted by molar-refractivity contribution is 7.92. The molecule has 3 atom stereocenters. The van der Waals surface area contributed by atoms with Gasteiger partial charge < -0.3 is 18.9 Å². The molecule has 44 heavy (non-hydrogen) atoms. The fraction of sp³-hybridized carbons (Fsp3) is 0.452. The van der Waals surface area contributed by atoms with Crippen LogP contribution in [-0.2, 0) is 19.3 Å². The number of fused-ring (bicyclic) bond motifs is 3. The minimum Gasteiger partial charge on any atom is -0.480 e. The van der Waals surface area contributed by atoms with Crippen molar-refractivity contribution in [1.82, 2.24) is 35.5 Å². The number of nitrogens with one attached hydrogen (secondary N) is 2. The SMILES string of the molecule is COC1=C(c2cnc3c4cnc(N5C[C@@H](C)S(=O)(=O)[C@H](C)C5)nc4n([C@H](c4ccccc4)C4CCOCC4)c3c2)N(C)NN1. The summed E-state index contributed by atoms with van der Waals surface area (Å²) in [5, 5.41) is 1.71. The first-order chi connectivity index (χ1) is 21.3. The first-order valence-electron chi connectivity index (χ1n) is 15.1. The molecule has 0 unspecified atom stereocenters. The van der Waals surface area contributed by atoms with Crippen molar-refractivity contribution in [2.24, 2.45) is 5.92 Å². The van der Waals surface area contributed by atoms with E-state index in [1.807, 2.05) is 35.4 Å². The smallest absolute Gasteiger partial charge is 0.228 e. The van der Waals surface area contributed by atoms with Gasteiger partial charge in [0.05, 0.1) is 40.1 Å². The normalized spacial score (nSPS) is 23.4. The standard InChI is InChI=1S/C31H38N8O4S/c1-19-17-38(18-20(2)44(19,40)41)31-33-16-24-26-25(14-23(15-32-26)28-30(42-4)35-36-37(28)3)39(29(24)34-31)27(21-8-6-5-7-9-21)22-10-12-43-13-11-22/h5-9,14-16,19-20,22,27,35-36H,10-13,17-18H2,1-4H3/t19-,20-,27-/m1/s1. The van der Waals surface area contributed by atoms with Crippen LogP contribution < -0.4 is 15.9 Å². The van der Waals surface area contributed by atoms with Gasteiger partial charge in [0.1, 0.15) is 11.3 Å². The lowest BCUT2D eigenvalue weighted by atomic mass is 9.86. The lowest BCUT2D eigenvalue weighted by Crippen LogP contribution is -2.50. The van der Waals surface area contributed by atoms with Crippen LogP contribution >= 0.6 is 0 Å². The van der Waals surface area contributed by atoms with Gasteiger partial charge in [-0.1, -0.05) is 30.3 Å². The van der Waals surface area contributed by atoms with E-state index in [1.54, 1.807) is 21.0 Å². The first kappa shape index (κ1) is 28.8. The second-order valence-corrected chi connectivity index (χ2v) is 14.8. The van der Waals surface area contributed by atoms with Crippen LogP contribution in [0.1, 0.15) is 43.9 Å². The van der Waals surface area contributed by atoms with Crippen molar-refractivity contribution in [3.8, 4) is 0 Å². The van der Waals surface area contributed by atoms with E-state index in [0.29, 0.717) is 44.1 Å². The highest BCUT2D eigenvalue weighted by atomic mass is 32.2. The number of methoxy groups -OCH3 is 1. The summed E-state index contributed by atoms with van der Waals surface area (Å²) in [6.45, 7) is 5.65. The van der Waals surface area contributed by atoms with Crippen LogP contribution in [0.3, 0.4) is 0 Å². The quantitative estimate of drug-likeness (QED) is 0.331. The van der Waals surface area contributed by atoms with Gasteiger partial charge in [0, 0.05) is 51.3 Å². The van der Waals surface area contributed by atoms with Crippen molar-refractivity contribution in [3.63, 3.8) is 0 Å². The molecule has 7 rings (SSSR count). The molecule has 0 radical (unpaired) electrons. The Morgan fingerprint density at radius 1 is 1.05 bits per heavy atom. The topological polar surface area (TPSA) is 127 Å². The van der Waals surface area contributed by atoms with Gasteiger partial charge in [0.15, 0.2) is 9.84 Å². The van der Waals surface area contributed by atoms with E-state index in [0.717, 1.165) is 46.2 Å². The number of aromatic nitrogens is 4. The predicted molar refractivity (Wildman–Crippen MR) is 169 cm³/mol. The Morgan fingerprint density at radius 3 is 2.48 bits per heavy atom. The van der Waals surface area contributed by atoms with Crippen molar-refractivity contribution in [3.05, 3.63) is 65.8 Å². The Labute approximate surface area is 256 Å². The van der Waals surface area contributed by atoms with Crippen LogP contribution in [-0.4, -0.2) is 83.9 Å². The largest absolute Gasteiger partial charge is 0.480 e. The second kappa shape index (κ2) is 11.2. The van der Waals surface area contributed by atoms with Gasteiger partial charge in [-0.3, -0.25) is 15.4 Å². The minimum absolute atomic E-state index is 0.0343. The molecule has 12 nitrogen and oxygen atoms in total. The molecule has 13 heteroatoms. The third kappa shape index (κ3) is 4.74. The van der Waals surface area contributed by atoms with E-state index >= 15 is 0 Å². The highest BCUT2D eigenvalue weighted by Crippen LogP contribution is 2.41. The fourth-order valence-electron chi connectivity index (χ4n) is 6.89. The lowest BCUT2D eigenvalue weighted by molar-refractivity contribution is 0.0552. The zero-order valence-electron chi connectivity index (χ0n) is 25.4. The molecule has 6 heterocycles. The van der Waals surface area contributed by atoms with E-state index in [9.17, 15) is 8.42 Å². The van der Waals surface area contributed by atoms with Gasteiger partial charge in [-0.25, -0.2) is 13.4 Å². The fourth-order valence-corrected chi connectivity index (χ4v) is 8.46. The van der Waals surface area contributed by atoms with Crippen molar-refractivity contribution in [2.45, 2.75) is 43.2 Å². The summed E-state index contributed by atoms with van der Waals surface area (Å²) >= 11 is 0. The van der Waals surface area contributed by atoms with E-state index in [1.165, 1.54) is 5.56 Å². The third-order valence-corrected chi connectivity index (χ3v) is 11.8. The van der Waals surface area contributed by atoms with E-state index in [2.05, 4.69) is 45.9 Å². The summed E-state index contributed by atoms with van der Waals surface area (Å²) < 4.78 is 39.3. The number of hydrogen-bond donors (Lipinski definition) is 2.